The lowest BCUT2D eigenvalue weighted by molar-refractivity contribution is -0.132. The summed E-state index contributed by atoms with van der Waals surface area (Å²) in [5, 5.41) is 0. The van der Waals surface area contributed by atoms with Gasteiger partial charge in [0.1, 0.15) is 5.82 Å². The van der Waals surface area contributed by atoms with Crippen molar-refractivity contribution in [3.63, 3.8) is 0 Å². The van der Waals surface area contributed by atoms with Crippen LogP contribution in [-0.4, -0.2) is 27.3 Å². The Balaban J connectivity index is 1.54. The molecule has 30 heavy (non-hydrogen) atoms. The summed E-state index contributed by atoms with van der Waals surface area (Å²) in [6, 6.07) is 8.16. The monoisotopic (exact) mass is 409 g/mol. The van der Waals surface area contributed by atoms with Gasteiger partial charge in [-0.3, -0.25) is 9.59 Å². The van der Waals surface area contributed by atoms with Crippen molar-refractivity contribution in [3.05, 3.63) is 62.8 Å². The lowest BCUT2D eigenvalue weighted by Crippen LogP contribution is -2.39. The minimum Gasteiger partial charge on any atom is -0.338 e. The molecule has 3 rings (SSSR count). The predicted molar refractivity (Wildman–Crippen MR) is 121 cm³/mol. The Morgan fingerprint density at radius 3 is 2.60 bits per heavy atom. The van der Waals surface area contributed by atoms with E-state index in [0.717, 1.165) is 18.5 Å². The molecule has 1 amide bonds. The number of unbranched alkanes of at least 4 members (excludes halogenated alkanes) is 6. The standard InChI is InChI=1S/C25H35N3O2/c1-3-4-5-6-7-8-9-14-24(29)28-16-15-22-21(18-28)25(30)27-23(26-22)17-20-13-11-10-12-19(20)2/h10-13H,3-9,14-18H2,1-2H3,(H,26,27,30). The van der Waals surface area contributed by atoms with Gasteiger partial charge in [-0.2, -0.15) is 0 Å². The molecule has 0 unspecified atom stereocenters. The lowest BCUT2D eigenvalue weighted by atomic mass is 10.0. The Bertz CT molecular complexity index is 904. The molecule has 0 aliphatic carbocycles. The molecule has 2 aromatic rings. The lowest BCUT2D eigenvalue weighted by Gasteiger charge is -2.28. The molecule has 0 atom stereocenters. The molecule has 0 saturated carbocycles. The molecule has 2 heterocycles. The first-order chi connectivity index (χ1) is 14.6. The summed E-state index contributed by atoms with van der Waals surface area (Å²) in [6.07, 6.45) is 10.3. The van der Waals surface area contributed by atoms with Gasteiger partial charge < -0.3 is 9.88 Å². The van der Waals surface area contributed by atoms with E-state index >= 15 is 0 Å². The molecule has 0 bridgehead atoms. The van der Waals surface area contributed by atoms with E-state index in [2.05, 4.69) is 31.0 Å². The number of aromatic amines is 1. The SMILES string of the molecule is CCCCCCCCCC(=O)N1CCc2nc(Cc3ccccc3C)[nH]c(=O)c2C1. The maximum absolute atomic E-state index is 12.7. The molecule has 0 spiro atoms. The second kappa shape index (κ2) is 11.1. The summed E-state index contributed by atoms with van der Waals surface area (Å²) in [6.45, 7) is 5.34. The van der Waals surface area contributed by atoms with Gasteiger partial charge in [-0.05, 0) is 24.5 Å². The van der Waals surface area contributed by atoms with E-state index in [9.17, 15) is 9.59 Å². The normalized spacial score (nSPS) is 13.3. The van der Waals surface area contributed by atoms with Crippen molar-refractivity contribution in [3.8, 4) is 0 Å². The molecule has 5 heteroatoms. The third-order valence-corrected chi connectivity index (χ3v) is 6.08. The minimum atomic E-state index is -0.1000. The topological polar surface area (TPSA) is 66.1 Å². The van der Waals surface area contributed by atoms with Crippen LogP contribution in [0, 0.1) is 6.92 Å². The number of hydrogen-bond acceptors (Lipinski definition) is 3. The summed E-state index contributed by atoms with van der Waals surface area (Å²) in [5.41, 5.74) is 3.77. The maximum Gasteiger partial charge on any atom is 0.256 e. The fourth-order valence-electron chi connectivity index (χ4n) is 4.15. The first kappa shape index (κ1) is 22.3. The second-order valence-corrected chi connectivity index (χ2v) is 8.48. The van der Waals surface area contributed by atoms with Crippen molar-refractivity contribution in [1.29, 1.82) is 0 Å². The highest BCUT2D eigenvalue weighted by Gasteiger charge is 2.24. The van der Waals surface area contributed by atoms with Crippen LogP contribution < -0.4 is 5.56 Å². The molecule has 1 aromatic heterocycles. The zero-order valence-corrected chi connectivity index (χ0v) is 18.5. The Morgan fingerprint density at radius 2 is 1.83 bits per heavy atom. The third kappa shape index (κ3) is 6.04. The number of aromatic nitrogens is 2. The molecule has 1 N–H and O–H groups in total. The molecular weight excluding hydrogens is 374 g/mol. The van der Waals surface area contributed by atoms with E-state index in [-0.39, 0.29) is 11.5 Å². The maximum atomic E-state index is 12.7. The van der Waals surface area contributed by atoms with Crippen molar-refractivity contribution in [1.82, 2.24) is 14.9 Å². The molecular formula is C25H35N3O2. The van der Waals surface area contributed by atoms with Gasteiger partial charge in [0, 0.05) is 25.8 Å². The van der Waals surface area contributed by atoms with Crippen LogP contribution in [0.2, 0.25) is 0 Å². The molecule has 5 nitrogen and oxygen atoms in total. The van der Waals surface area contributed by atoms with Gasteiger partial charge in [-0.25, -0.2) is 4.98 Å². The highest BCUT2D eigenvalue weighted by Crippen LogP contribution is 2.18. The zero-order chi connectivity index (χ0) is 21.3. The Hall–Kier alpha value is -2.43. The Labute approximate surface area is 179 Å². The highest BCUT2D eigenvalue weighted by molar-refractivity contribution is 5.76. The van der Waals surface area contributed by atoms with Crippen molar-refractivity contribution in [2.24, 2.45) is 0 Å². The van der Waals surface area contributed by atoms with Crippen LogP contribution in [0.3, 0.4) is 0 Å². The number of aryl methyl sites for hydroxylation is 1. The predicted octanol–water partition coefficient (Wildman–Crippen LogP) is 4.69. The van der Waals surface area contributed by atoms with Crippen LogP contribution in [0.5, 0.6) is 0 Å². The van der Waals surface area contributed by atoms with Gasteiger partial charge in [0.25, 0.3) is 5.56 Å². The van der Waals surface area contributed by atoms with Crippen LogP contribution in [0.25, 0.3) is 0 Å². The average molecular weight is 410 g/mol. The number of rotatable bonds is 10. The fraction of sp³-hybridized carbons (Fsp3) is 0.560. The number of nitrogens with one attached hydrogen (secondary N) is 1. The summed E-state index contributed by atoms with van der Waals surface area (Å²) in [5.74, 6) is 0.869. The van der Waals surface area contributed by atoms with Crippen LogP contribution in [0.15, 0.2) is 29.1 Å². The first-order valence-corrected chi connectivity index (χ1v) is 11.5. The molecule has 0 fully saturated rings. The number of H-pyrrole nitrogens is 1. The van der Waals surface area contributed by atoms with E-state index in [1.165, 1.54) is 43.2 Å². The molecule has 1 aliphatic rings. The second-order valence-electron chi connectivity index (χ2n) is 8.48. The van der Waals surface area contributed by atoms with Gasteiger partial charge in [-0.1, -0.05) is 69.7 Å². The van der Waals surface area contributed by atoms with Crippen LogP contribution >= 0.6 is 0 Å². The van der Waals surface area contributed by atoms with E-state index in [0.29, 0.717) is 43.7 Å². The van der Waals surface area contributed by atoms with Crippen molar-refractivity contribution in [2.75, 3.05) is 6.54 Å². The molecule has 0 saturated heterocycles. The Morgan fingerprint density at radius 1 is 1.10 bits per heavy atom. The number of carbonyl (C=O) groups excluding carboxylic acids is 1. The van der Waals surface area contributed by atoms with E-state index in [1.807, 2.05) is 17.0 Å². The van der Waals surface area contributed by atoms with Crippen molar-refractivity contribution < 1.29 is 4.79 Å². The molecule has 1 aliphatic heterocycles. The van der Waals surface area contributed by atoms with E-state index < -0.39 is 0 Å². The number of amides is 1. The van der Waals surface area contributed by atoms with Crippen LogP contribution in [0.1, 0.15) is 86.5 Å². The highest BCUT2D eigenvalue weighted by atomic mass is 16.2. The van der Waals surface area contributed by atoms with Gasteiger partial charge in [0.2, 0.25) is 5.91 Å². The van der Waals surface area contributed by atoms with Gasteiger partial charge in [0.15, 0.2) is 0 Å². The zero-order valence-electron chi connectivity index (χ0n) is 18.5. The Kier molecular flexibility index (Phi) is 8.23. The summed E-state index contributed by atoms with van der Waals surface area (Å²) in [7, 11) is 0. The quantitative estimate of drug-likeness (QED) is 0.579. The van der Waals surface area contributed by atoms with E-state index in [1.54, 1.807) is 0 Å². The molecule has 1 aromatic carbocycles. The van der Waals surface area contributed by atoms with E-state index in [4.69, 9.17) is 4.98 Å². The molecule has 0 radical (unpaired) electrons. The number of carbonyl (C=O) groups is 1. The van der Waals surface area contributed by atoms with Gasteiger partial charge >= 0.3 is 0 Å². The summed E-state index contributed by atoms with van der Waals surface area (Å²) >= 11 is 0. The number of hydrogen-bond donors (Lipinski definition) is 1. The largest absolute Gasteiger partial charge is 0.338 e. The summed E-state index contributed by atoms with van der Waals surface area (Å²) < 4.78 is 0. The van der Waals surface area contributed by atoms with Gasteiger partial charge in [-0.15, -0.1) is 0 Å². The van der Waals surface area contributed by atoms with Crippen molar-refractivity contribution >= 4 is 5.91 Å². The third-order valence-electron chi connectivity index (χ3n) is 6.08. The van der Waals surface area contributed by atoms with Crippen molar-refractivity contribution in [2.45, 2.75) is 84.6 Å². The number of nitrogens with zero attached hydrogens (tertiary/aromatic N) is 2. The van der Waals surface area contributed by atoms with Crippen LogP contribution in [0.4, 0.5) is 0 Å². The smallest absolute Gasteiger partial charge is 0.256 e. The van der Waals surface area contributed by atoms with Crippen LogP contribution in [-0.2, 0) is 24.2 Å². The number of fused-ring (bicyclic) bond motifs is 1. The van der Waals surface area contributed by atoms with Gasteiger partial charge in [0.05, 0.1) is 17.8 Å². The molecule has 162 valence electrons. The number of benzene rings is 1. The summed E-state index contributed by atoms with van der Waals surface area (Å²) in [4.78, 5) is 34.8. The fourth-order valence-corrected chi connectivity index (χ4v) is 4.15. The minimum absolute atomic E-state index is 0.1000. The first-order valence-electron chi connectivity index (χ1n) is 11.5. The average Bonchev–Trinajstić information content (AvgIpc) is 2.74.